The Morgan fingerprint density at radius 2 is 1.79 bits per heavy atom. The van der Waals surface area contributed by atoms with Gasteiger partial charge < -0.3 is 25.0 Å². The number of hydrogen-bond donors (Lipinski definition) is 2. The Morgan fingerprint density at radius 1 is 1.09 bits per heavy atom. The van der Waals surface area contributed by atoms with E-state index in [9.17, 15) is 13.2 Å². The average molecular weight is 495 g/mol. The number of morpholine rings is 1. The van der Waals surface area contributed by atoms with Crippen LogP contribution in [0.25, 0.3) is 0 Å². The topological polar surface area (TPSA) is 100 Å². The lowest BCUT2D eigenvalue weighted by atomic mass is 10.0. The fourth-order valence-electron chi connectivity index (χ4n) is 3.98. The molecule has 0 unspecified atom stereocenters. The molecule has 11 heteroatoms. The van der Waals surface area contributed by atoms with Crippen molar-refractivity contribution >= 4 is 33.1 Å². The molecule has 180 valence electrons. The molecule has 0 spiro atoms. The fraction of sp³-hybridized carbons (Fsp3) is 0.500. The molecule has 0 radical (unpaired) electrons. The summed E-state index contributed by atoms with van der Waals surface area (Å²) in [5.74, 6) is 0.837. The summed E-state index contributed by atoms with van der Waals surface area (Å²) in [5, 5.41) is 5.89. The van der Waals surface area contributed by atoms with Crippen LogP contribution in [0.2, 0.25) is 0 Å². The third-order valence-corrected chi connectivity index (χ3v) is 9.34. The molecule has 2 aliphatic heterocycles. The van der Waals surface area contributed by atoms with E-state index in [4.69, 9.17) is 9.47 Å². The van der Waals surface area contributed by atoms with Gasteiger partial charge in [-0.2, -0.15) is 4.31 Å². The summed E-state index contributed by atoms with van der Waals surface area (Å²) in [4.78, 5) is 15.5. The number of thiophene rings is 1. The van der Waals surface area contributed by atoms with Gasteiger partial charge in [-0.05, 0) is 49.2 Å². The second-order valence-corrected chi connectivity index (χ2v) is 11.4. The van der Waals surface area contributed by atoms with Crippen molar-refractivity contribution in [3.05, 3.63) is 41.3 Å². The molecule has 2 aliphatic rings. The number of urea groups is 1. The van der Waals surface area contributed by atoms with Crippen molar-refractivity contribution in [3.8, 4) is 5.75 Å². The Labute approximate surface area is 198 Å². The van der Waals surface area contributed by atoms with Gasteiger partial charge in [0.25, 0.3) is 10.0 Å². The number of nitrogens with one attached hydrogen (secondary N) is 2. The molecule has 0 aliphatic carbocycles. The maximum absolute atomic E-state index is 12.7. The van der Waals surface area contributed by atoms with Gasteiger partial charge in [0.05, 0.1) is 26.9 Å². The molecule has 9 nitrogen and oxygen atoms in total. The number of methoxy groups -OCH3 is 1. The summed E-state index contributed by atoms with van der Waals surface area (Å²) in [5.41, 5.74) is 1.15. The highest BCUT2D eigenvalue weighted by molar-refractivity contribution is 7.91. The molecule has 1 aromatic carbocycles. The van der Waals surface area contributed by atoms with Gasteiger partial charge in [-0.25, -0.2) is 13.2 Å². The van der Waals surface area contributed by atoms with Crippen LogP contribution in [-0.2, 0) is 21.3 Å². The number of carbonyl (C=O) groups excluding carboxylic acids is 1. The number of amides is 2. The summed E-state index contributed by atoms with van der Waals surface area (Å²) in [6.45, 7) is 3.59. The van der Waals surface area contributed by atoms with Gasteiger partial charge in [-0.1, -0.05) is 0 Å². The van der Waals surface area contributed by atoms with Crippen LogP contribution >= 0.6 is 11.3 Å². The molecular formula is C22H30N4O5S2. The van der Waals surface area contributed by atoms with Gasteiger partial charge in [-0.3, -0.25) is 0 Å². The summed E-state index contributed by atoms with van der Waals surface area (Å²) >= 11 is 1.19. The van der Waals surface area contributed by atoms with Crippen molar-refractivity contribution in [2.24, 2.45) is 0 Å². The van der Waals surface area contributed by atoms with Crippen LogP contribution in [0.15, 0.2) is 40.6 Å². The monoisotopic (exact) mass is 494 g/mol. The molecule has 2 fully saturated rings. The van der Waals surface area contributed by atoms with Crippen LogP contribution in [0.1, 0.15) is 17.7 Å². The normalized spacial score (nSPS) is 18.2. The van der Waals surface area contributed by atoms with Crippen LogP contribution in [0.4, 0.5) is 10.5 Å². The molecule has 2 aromatic rings. The van der Waals surface area contributed by atoms with E-state index in [0.29, 0.717) is 37.1 Å². The molecule has 3 heterocycles. The minimum Gasteiger partial charge on any atom is -0.497 e. The van der Waals surface area contributed by atoms with E-state index < -0.39 is 10.0 Å². The molecule has 1 aromatic heterocycles. The minimum atomic E-state index is -3.50. The fourth-order valence-corrected chi connectivity index (χ4v) is 6.84. The third-order valence-electron chi connectivity index (χ3n) is 5.89. The molecule has 2 saturated heterocycles. The Morgan fingerprint density at radius 3 is 2.45 bits per heavy atom. The number of rotatable bonds is 7. The van der Waals surface area contributed by atoms with E-state index in [1.54, 1.807) is 19.2 Å². The molecule has 0 atom stereocenters. The standard InChI is InChI=1S/C22H30N4O5S2/c1-30-19-4-2-18(3-5-19)25-10-8-17(9-11-25)24-22(27)23-16-20-6-7-21(32-20)33(28,29)26-12-14-31-15-13-26/h2-7,17H,8-16H2,1H3,(H2,23,24,27). The van der Waals surface area contributed by atoms with E-state index in [1.165, 1.54) is 15.6 Å². The first-order chi connectivity index (χ1) is 16.0. The van der Waals surface area contributed by atoms with Crippen LogP contribution in [0, 0.1) is 0 Å². The van der Waals surface area contributed by atoms with Gasteiger partial charge in [0, 0.05) is 42.8 Å². The maximum atomic E-state index is 12.7. The lowest BCUT2D eigenvalue weighted by Gasteiger charge is -2.34. The largest absolute Gasteiger partial charge is 0.497 e. The number of sulfonamides is 1. The second-order valence-electron chi connectivity index (χ2n) is 8.02. The number of piperidine rings is 1. The third kappa shape index (κ3) is 5.97. The first kappa shape index (κ1) is 23.8. The molecule has 2 amide bonds. The van der Waals surface area contributed by atoms with E-state index in [1.807, 2.05) is 24.3 Å². The van der Waals surface area contributed by atoms with E-state index in [-0.39, 0.29) is 12.1 Å². The Hall–Kier alpha value is -2.34. The summed E-state index contributed by atoms with van der Waals surface area (Å²) in [6, 6.07) is 11.3. The highest BCUT2D eigenvalue weighted by Crippen LogP contribution is 2.26. The Kier molecular flexibility index (Phi) is 7.74. The summed E-state index contributed by atoms with van der Waals surface area (Å²) < 4.78 is 37.7. The van der Waals surface area contributed by atoms with Crippen LogP contribution in [-0.4, -0.2) is 71.3 Å². The lowest BCUT2D eigenvalue weighted by molar-refractivity contribution is 0.0731. The lowest BCUT2D eigenvalue weighted by Crippen LogP contribution is -2.47. The predicted molar refractivity (Wildman–Crippen MR) is 127 cm³/mol. The van der Waals surface area contributed by atoms with Gasteiger partial charge in [-0.15, -0.1) is 11.3 Å². The SMILES string of the molecule is COc1ccc(N2CCC(NC(=O)NCc3ccc(S(=O)(=O)N4CCOCC4)s3)CC2)cc1. The van der Waals surface area contributed by atoms with E-state index in [0.717, 1.165) is 42.2 Å². The van der Waals surface area contributed by atoms with Gasteiger partial charge >= 0.3 is 6.03 Å². The Balaban J connectivity index is 1.22. The molecule has 2 N–H and O–H groups in total. The molecule has 4 rings (SSSR count). The van der Waals surface area contributed by atoms with Gasteiger partial charge in [0.2, 0.25) is 0 Å². The van der Waals surface area contributed by atoms with Crippen molar-refractivity contribution in [1.29, 1.82) is 0 Å². The smallest absolute Gasteiger partial charge is 0.315 e. The number of ether oxygens (including phenoxy) is 2. The summed E-state index contributed by atoms with van der Waals surface area (Å²) in [7, 11) is -1.85. The van der Waals surface area contributed by atoms with Crippen LogP contribution in [0.5, 0.6) is 5.75 Å². The maximum Gasteiger partial charge on any atom is 0.315 e. The first-order valence-electron chi connectivity index (χ1n) is 11.1. The van der Waals surface area contributed by atoms with Gasteiger partial charge in [0.15, 0.2) is 0 Å². The zero-order valence-corrected chi connectivity index (χ0v) is 20.3. The number of anilines is 1. The Bertz CT molecular complexity index is 1030. The highest BCUT2D eigenvalue weighted by Gasteiger charge is 2.28. The number of hydrogen-bond acceptors (Lipinski definition) is 7. The van der Waals surface area contributed by atoms with Crippen LogP contribution in [0.3, 0.4) is 0 Å². The zero-order valence-electron chi connectivity index (χ0n) is 18.7. The van der Waals surface area contributed by atoms with Crippen molar-refractivity contribution in [2.45, 2.75) is 29.6 Å². The van der Waals surface area contributed by atoms with Crippen molar-refractivity contribution < 1.29 is 22.7 Å². The highest BCUT2D eigenvalue weighted by atomic mass is 32.2. The molecule has 0 bridgehead atoms. The average Bonchev–Trinajstić information content (AvgIpc) is 3.34. The molecular weight excluding hydrogens is 464 g/mol. The van der Waals surface area contributed by atoms with Gasteiger partial charge in [0.1, 0.15) is 9.96 Å². The first-order valence-corrected chi connectivity index (χ1v) is 13.3. The zero-order chi connectivity index (χ0) is 23.3. The molecule has 33 heavy (non-hydrogen) atoms. The number of nitrogens with zero attached hydrogens (tertiary/aromatic N) is 2. The van der Waals surface area contributed by atoms with Crippen molar-refractivity contribution in [3.63, 3.8) is 0 Å². The second kappa shape index (κ2) is 10.7. The van der Waals surface area contributed by atoms with Crippen molar-refractivity contribution in [2.75, 3.05) is 51.4 Å². The van der Waals surface area contributed by atoms with E-state index in [2.05, 4.69) is 15.5 Å². The minimum absolute atomic E-state index is 0.111. The quantitative estimate of drug-likeness (QED) is 0.613. The van der Waals surface area contributed by atoms with E-state index >= 15 is 0 Å². The number of benzene rings is 1. The summed E-state index contributed by atoms with van der Waals surface area (Å²) in [6.07, 6.45) is 1.72. The van der Waals surface area contributed by atoms with Crippen LogP contribution < -0.4 is 20.3 Å². The van der Waals surface area contributed by atoms with Crippen molar-refractivity contribution in [1.82, 2.24) is 14.9 Å². The number of carbonyl (C=O) groups is 1. The predicted octanol–water partition coefficient (Wildman–Crippen LogP) is 2.25. The molecule has 0 saturated carbocycles.